The van der Waals surface area contributed by atoms with Gasteiger partial charge in [0.25, 0.3) is 5.91 Å². The third-order valence-corrected chi connectivity index (χ3v) is 6.19. The van der Waals surface area contributed by atoms with Gasteiger partial charge in [0.1, 0.15) is 5.75 Å². The second-order valence-electron chi connectivity index (χ2n) is 6.92. The molecule has 2 atom stereocenters. The minimum absolute atomic E-state index is 0.00975. The largest absolute Gasteiger partial charge is 0.497 e. The van der Waals surface area contributed by atoms with Gasteiger partial charge in [0.2, 0.25) is 0 Å². The molecule has 0 aliphatic carbocycles. The second kappa shape index (κ2) is 9.35. The lowest BCUT2D eigenvalue weighted by Gasteiger charge is -2.41. The molecule has 5 nitrogen and oxygen atoms in total. The maximum absolute atomic E-state index is 12.8. The predicted octanol–water partition coefficient (Wildman–Crippen LogP) is 3.25. The van der Waals surface area contributed by atoms with E-state index in [9.17, 15) is 4.79 Å². The van der Waals surface area contributed by atoms with Crippen LogP contribution in [-0.2, 0) is 0 Å². The van der Waals surface area contributed by atoms with Crippen LogP contribution in [-0.4, -0.2) is 61.6 Å². The van der Waals surface area contributed by atoms with Gasteiger partial charge in [-0.25, -0.2) is 0 Å². The van der Waals surface area contributed by atoms with E-state index < -0.39 is 0 Å². The number of likely N-dealkylation sites (N-methyl/N-ethyl adjacent to an activating group) is 1. The Bertz CT molecular complexity index is 727. The van der Waals surface area contributed by atoms with Crippen molar-refractivity contribution in [2.45, 2.75) is 25.9 Å². The van der Waals surface area contributed by atoms with Crippen LogP contribution in [0.2, 0.25) is 0 Å². The first-order chi connectivity index (χ1) is 13.1. The fourth-order valence-electron chi connectivity index (χ4n) is 3.69. The summed E-state index contributed by atoms with van der Waals surface area (Å²) in [6, 6.07) is 11.8. The summed E-state index contributed by atoms with van der Waals surface area (Å²) in [6.45, 7) is 9.62. The van der Waals surface area contributed by atoms with Crippen LogP contribution in [0.3, 0.4) is 0 Å². The summed E-state index contributed by atoms with van der Waals surface area (Å²) in [4.78, 5) is 19.1. The number of carbonyl (C=O) groups is 1. The van der Waals surface area contributed by atoms with Gasteiger partial charge < -0.3 is 15.0 Å². The second-order valence-corrected chi connectivity index (χ2v) is 7.90. The monoisotopic (exact) mass is 387 g/mol. The number of piperazine rings is 1. The zero-order valence-corrected chi connectivity index (χ0v) is 17.2. The molecule has 1 fully saturated rings. The summed E-state index contributed by atoms with van der Waals surface area (Å²) in [6.07, 6.45) is 0. The standard InChI is InChI=1S/C21H29N3O2S/c1-4-23-10-12-24(13-11-23)20(19-9-6-14-27-19)16(2)22-21(25)17-7-5-8-18(15-17)26-3/h5-9,14-16,20H,4,10-13H2,1-3H3,(H,22,25)/t16-,20+/m0/s1. The van der Waals surface area contributed by atoms with Crippen molar-refractivity contribution in [1.82, 2.24) is 15.1 Å². The molecule has 0 radical (unpaired) electrons. The molecule has 0 spiro atoms. The van der Waals surface area contributed by atoms with E-state index in [2.05, 4.69) is 46.5 Å². The van der Waals surface area contributed by atoms with Crippen LogP contribution in [0.5, 0.6) is 5.75 Å². The first-order valence-electron chi connectivity index (χ1n) is 9.57. The Kier molecular flexibility index (Phi) is 6.88. The Balaban J connectivity index is 1.73. The lowest BCUT2D eigenvalue weighted by Crippen LogP contribution is -2.52. The molecule has 27 heavy (non-hydrogen) atoms. The van der Waals surface area contributed by atoms with Crippen LogP contribution in [0.25, 0.3) is 0 Å². The molecule has 1 aromatic carbocycles. The van der Waals surface area contributed by atoms with Crippen molar-refractivity contribution < 1.29 is 9.53 Å². The van der Waals surface area contributed by atoms with Crippen LogP contribution < -0.4 is 10.1 Å². The maximum Gasteiger partial charge on any atom is 0.251 e. The van der Waals surface area contributed by atoms with Crippen LogP contribution in [0.4, 0.5) is 0 Å². The smallest absolute Gasteiger partial charge is 0.251 e. The van der Waals surface area contributed by atoms with Gasteiger partial charge in [-0.2, -0.15) is 0 Å². The average Bonchev–Trinajstić information content (AvgIpc) is 3.23. The first-order valence-corrected chi connectivity index (χ1v) is 10.4. The molecule has 1 aliphatic rings. The molecule has 3 rings (SSSR count). The molecule has 0 unspecified atom stereocenters. The molecule has 1 N–H and O–H groups in total. The lowest BCUT2D eigenvalue weighted by atomic mass is 10.0. The van der Waals surface area contributed by atoms with E-state index in [1.807, 2.05) is 18.2 Å². The summed E-state index contributed by atoms with van der Waals surface area (Å²) in [5.74, 6) is 0.635. The molecule has 0 bridgehead atoms. The number of nitrogens with one attached hydrogen (secondary N) is 1. The van der Waals surface area contributed by atoms with Gasteiger partial charge in [0, 0.05) is 42.7 Å². The van der Waals surface area contributed by atoms with Crippen LogP contribution in [0, 0.1) is 0 Å². The number of carbonyl (C=O) groups excluding carboxylic acids is 1. The number of rotatable bonds is 7. The summed E-state index contributed by atoms with van der Waals surface area (Å²) in [5, 5.41) is 5.33. The maximum atomic E-state index is 12.8. The fourth-order valence-corrected chi connectivity index (χ4v) is 4.66. The topological polar surface area (TPSA) is 44.8 Å². The SMILES string of the molecule is CCN1CCN([C@@H](c2cccs2)[C@H](C)NC(=O)c2cccc(OC)c2)CC1. The Morgan fingerprint density at radius 1 is 1.22 bits per heavy atom. The molecular formula is C21H29N3O2S. The summed E-state index contributed by atoms with van der Waals surface area (Å²) < 4.78 is 5.24. The van der Waals surface area contributed by atoms with Crippen LogP contribution >= 0.6 is 11.3 Å². The third kappa shape index (κ3) is 4.89. The number of ether oxygens (including phenoxy) is 1. The molecule has 1 aliphatic heterocycles. The van der Waals surface area contributed by atoms with Crippen molar-refractivity contribution in [3.63, 3.8) is 0 Å². The number of amides is 1. The number of thiophene rings is 1. The van der Waals surface area contributed by atoms with Gasteiger partial charge >= 0.3 is 0 Å². The Morgan fingerprint density at radius 2 is 2.00 bits per heavy atom. The predicted molar refractivity (Wildman–Crippen MR) is 111 cm³/mol. The highest BCUT2D eigenvalue weighted by Crippen LogP contribution is 2.29. The van der Waals surface area contributed by atoms with Crippen molar-refractivity contribution in [2.24, 2.45) is 0 Å². The van der Waals surface area contributed by atoms with E-state index in [-0.39, 0.29) is 18.0 Å². The number of hydrogen-bond donors (Lipinski definition) is 1. The minimum Gasteiger partial charge on any atom is -0.497 e. The molecule has 1 saturated heterocycles. The minimum atomic E-state index is -0.0600. The van der Waals surface area contributed by atoms with Gasteiger partial charge in [-0.3, -0.25) is 9.69 Å². The van der Waals surface area contributed by atoms with E-state index in [4.69, 9.17) is 4.74 Å². The van der Waals surface area contributed by atoms with Gasteiger partial charge in [-0.05, 0) is 43.1 Å². The normalized spacial score (nSPS) is 18.0. The molecule has 2 heterocycles. The highest BCUT2D eigenvalue weighted by molar-refractivity contribution is 7.10. The van der Waals surface area contributed by atoms with E-state index in [1.165, 1.54) is 4.88 Å². The van der Waals surface area contributed by atoms with Crippen LogP contribution in [0.1, 0.15) is 35.1 Å². The van der Waals surface area contributed by atoms with Crippen molar-refractivity contribution in [1.29, 1.82) is 0 Å². The molecular weight excluding hydrogens is 358 g/mol. The van der Waals surface area contributed by atoms with Gasteiger partial charge in [-0.15, -0.1) is 11.3 Å². The number of nitrogens with zero attached hydrogens (tertiary/aromatic N) is 2. The van der Waals surface area contributed by atoms with Gasteiger partial charge in [-0.1, -0.05) is 19.1 Å². The lowest BCUT2D eigenvalue weighted by molar-refractivity contribution is 0.0753. The van der Waals surface area contributed by atoms with Crippen molar-refractivity contribution in [2.75, 3.05) is 39.8 Å². The summed E-state index contributed by atoms with van der Waals surface area (Å²) >= 11 is 1.76. The van der Waals surface area contributed by atoms with E-state index in [0.717, 1.165) is 32.7 Å². The molecule has 6 heteroatoms. The molecule has 146 valence electrons. The quantitative estimate of drug-likeness (QED) is 0.792. The fraction of sp³-hybridized carbons (Fsp3) is 0.476. The molecule has 1 aromatic heterocycles. The highest BCUT2D eigenvalue weighted by Gasteiger charge is 2.30. The Hall–Kier alpha value is -1.89. The molecule has 1 amide bonds. The van der Waals surface area contributed by atoms with Crippen molar-refractivity contribution in [3.05, 3.63) is 52.2 Å². The Labute approximate surface area is 165 Å². The number of methoxy groups -OCH3 is 1. The summed E-state index contributed by atoms with van der Waals surface area (Å²) in [5.41, 5.74) is 0.627. The first kappa shape index (κ1) is 19.9. The van der Waals surface area contributed by atoms with E-state index in [1.54, 1.807) is 24.5 Å². The third-order valence-electron chi connectivity index (χ3n) is 5.25. The van der Waals surface area contributed by atoms with Crippen molar-refractivity contribution >= 4 is 17.2 Å². The zero-order valence-electron chi connectivity index (χ0n) is 16.4. The molecule has 0 saturated carbocycles. The highest BCUT2D eigenvalue weighted by atomic mass is 32.1. The van der Waals surface area contributed by atoms with Gasteiger partial charge in [0.05, 0.1) is 13.2 Å². The van der Waals surface area contributed by atoms with E-state index in [0.29, 0.717) is 11.3 Å². The average molecular weight is 388 g/mol. The Morgan fingerprint density at radius 3 is 2.63 bits per heavy atom. The van der Waals surface area contributed by atoms with Gasteiger partial charge in [0.15, 0.2) is 0 Å². The number of benzene rings is 1. The molecule has 2 aromatic rings. The van der Waals surface area contributed by atoms with Crippen molar-refractivity contribution in [3.8, 4) is 5.75 Å². The number of hydrogen-bond acceptors (Lipinski definition) is 5. The van der Waals surface area contributed by atoms with Crippen LogP contribution in [0.15, 0.2) is 41.8 Å². The summed E-state index contributed by atoms with van der Waals surface area (Å²) in [7, 11) is 1.61. The zero-order chi connectivity index (χ0) is 19.2. The van der Waals surface area contributed by atoms with E-state index >= 15 is 0 Å².